The Bertz CT molecular complexity index is 740. The van der Waals surface area contributed by atoms with E-state index in [1.165, 1.54) is 0 Å². The maximum absolute atomic E-state index is 12.8. The molecule has 10 heteroatoms. The van der Waals surface area contributed by atoms with Gasteiger partial charge in [0.2, 0.25) is 15.9 Å². The second kappa shape index (κ2) is 12.1. The molecule has 7 nitrogen and oxygen atoms in total. The van der Waals surface area contributed by atoms with E-state index in [1.54, 1.807) is 18.7 Å². The summed E-state index contributed by atoms with van der Waals surface area (Å²) in [6.07, 6.45) is 2.37. The molecule has 1 heterocycles. The highest BCUT2D eigenvalue weighted by Crippen LogP contribution is 2.23. The minimum absolute atomic E-state index is 0.0379. The van der Waals surface area contributed by atoms with Gasteiger partial charge in [0.25, 0.3) is 0 Å². The number of carbonyl (C=O) groups is 1. The first-order valence-corrected chi connectivity index (χ1v) is 13.1. The predicted octanol–water partition coefficient (Wildman–Crippen LogP) is 1.89. The number of benzene rings is 1. The van der Waals surface area contributed by atoms with Gasteiger partial charge in [0.05, 0.1) is 25.0 Å². The molecule has 164 valence electrons. The van der Waals surface area contributed by atoms with Gasteiger partial charge in [-0.25, -0.2) is 13.1 Å². The van der Waals surface area contributed by atoms with Crippen LogP contribution in [-0.4, -0.2) is 75.9 Å². The van der Waals surface area contributed by atoms with Gasteiger partial charge in [-0.3, -0.25) is 9.69 Å². The van der Waals surface area contributed by atoms with Gasteiger partial charge in [0.15, 0.2) is 0 Å². The predicted molar refractivity (Wildman–Crippen MR) is 119 cm³/mol. The molecule has 0 aromatic heterocycles. The van der Waals surface area contributed by atoms with E-state index in [2.05, 4.69) is 14.9 Å². The molecule has 2 atom stereocenters. The Hall–Kier alpha value is -0.840. The highest BCUT2D eigenvalue weighted by Gasteiger charge is 2.27. The average Bonchev–Trinajstić information content (AvgIpc) is 2.73. The van der Waals surface area contributed by atoms with Crippen LogP contribution in [0.25, 0.3) is 0 Å². The van der Waals surface area contributed by atoms with E-state index in [-0.39, 0.29) is 17.7 Å². The third kappa shape index (κ3) is 8.07. The van der Waals surface area contributed by atoms with Crippen LogP contribution in [-0.2, 0) is 19.6 Å². The number of hydrogen-bond donors (Lipinski definition) is 2. The zero-order valence-corrected chi connectivity index (χ0v) is 19.3. The van der Waals surface area contributed by atoms with Gasteiger partial charge in [0, 0.05) is 24.7 Å². The Morgan fingerprint density at radius 1 is 1.28 bits per heavy atom. The first kappa shape index (κ1) is 24.4. The van der Waals surface area contributed by atoms with Crippen molar-refractivity contribution in [2.24, 2.45) is 0 Å². The number of nitrogens with one attached hydrogen (secondary N) is 2. The number of ether oxygens (including phenoxy) is 1. The van der Waals surface area contributed by atoms with E-state index < -0.39 is 16.1 Å². The molecule has 2 rings (SSSR count). The summed E-state index contributed by atoms with van der Waals surface area (Å²) < 4.78 is 31.9. The first-order chi connectivity index (χ1) is 13.9. The van der Waals surface area contributed by atoms with Crippen molar-refractivity contribution in [2.45, 2.75) is 25.4 Å². The van der Waals surface area contributed by atoms with E-state index >= 15 is 0 Å². The van der Waals surface area contributed by atoms with E-state index in [9.17, 15) is 13.2 Å². The molecular formula is C19H30ClN3O4S2. The smallest absolute Gasteiger partial charge is 0.238 e. The molecule has 0 radical (unpaired) electrons. The topological polar surface area (TPSA) is 87.7 Å². The number of carbonyl (C=O) groups excluding carboxylic acids is 1. The molecule has 0 spiro atoms. The molecule has 2 N–H and O–H groups in total. The number of thioether (sulfide) groups is 1. The Labute approximate surface area is 182 Å². The lowest BCUT2D eigenvalue weighted by atomic mass is 10.0. The van der Waals surface area contributed by atoms with Gasteiger partial charge >= 0.3 is 0 Å². The van der Waals surface area contributed by atoms with Crippen molar-refractivity contribution in [2.75, 3.05) is 50.6 Å². The van der Waals surface area contributed by atoms with Crippen LogP contribution in [0.5, 0.6) is 0 Å². The summed E-state index contributed by atoms with van der Waals surface area (Å²) in [5.41, 5.74) is 1.05. The number of sulfonamides is 1. The van der Waals surface area contributed by atoms with Crippen LogP contribution in [0.4, 0.5) is 0 Å². The molecule has 0 aliphatic carbocycles. The Morgan fingerprint density at radius 2 is 1.93 bits per heavy atom. The average molecular weight is 464 g/mol. The monoisotopic (exact) mass is 463 g/mol. The molecule has 1 aromatic carbocycles. The summed E-state index contributed by atoms with van der Waals surface area (Å²) in [6, 6.07) is 6.78. The van der Waals surface area contributed by atoms with Gasteiger partial charge < -0.3 is 10.1 Å². The van der Waals surface area contributed by atoms with Crippen molar-refractivity contribution in [1.29, 1.82) is 0 Å². The Balaban J connectivity index is 2.10. The summed E-state index contributed by atoms with van der Waals surface area (Å²) in [5, 5.41) is 3.62. The lowest BCUT2D eigenvalue weighted by Gasteiger charge is -2.35. The van der Waals surface area contributed by atoms with Gasteiger partial charge in [-0.15, -0.1) is 0 Å². The van der Waals surface area contributed by atoms with E-state index in [0.717, 1.165) is 18.7 Å². The van der Waals surface area contributed by atoms with Crippen molar-refractivity contribution < 1.29 is 17.9 Å². The van der Waals surface area contributed by atoms with Crippen LogP contribution in [0.3, 0.4) is 0 Å². The third-order valence-electron chi connectivity index (χ3n) is 4.84. The number of halogens is 1. The number of nitrogens with zero attached hydrogens (tertiary/aromatic N) is 1. The molecule has 1 amide bonds. The van der Waals surface area contributed by atoms with Crippen LogP contribution in [0.15, 0.2) is 24.3 Å². The van der Waals surface area contributed by atoms with Crippen molar-refractivity contribution >= 4 is 39.3 Å². The first-order valence-electron chi connectivity index (χ1n) is 9.70. The van der Waals surface area contributed by atoms with Gasteiger partial charge in [-0.05, 0) is 43.0 Å². The van der Waals surface area contributed by atoms with Crippen molar-refractivity contribution in [1.82, 2.24) is 14.9 Å². The van der Waals surface area contributed by atoms with Gasteiger partial charge in [-0.1, -0.05) is 23.7 Å². The minimum Gasteiger partial charge on any atom is -0.379 e. The molecule has 29 heavy (non-hydrogen) atoms. The summed E-state index contributed by atoms with van der Waals surface area (Å²) in [4.78, 5) is 15.1. The van der Waals surface area contributed by atoms with Crippen molar-refractivity contribution in [3.8, 4) is 0 Å². The van der Waals surface area contributed by atoms with E-state index in [4.69, 9.17) is 16.3 Å². The number of morpholine rings is 1. The normalized spacial score (nSPS) is 17.6. The fraction of sp³-hybridized carbons (Fsp3) is 0.632. The standard InChI is InChI=1S/C19H30ClN3O4S2/c1-3-29(25,26)22-17(8-13-28-2)19(24)21-14-18(23-9-11-27-12-10-23)15-4-6-16(20)7-5-15/h4-7,17-18,22H,3,8-14H2,1-2H3,(H,21,24). The van der Waals surface area contributed by atoms with Crippen LogP contribution in [0, 0.1) is 0 Å². The maximum Gasteiger partial charge on any atom is 0.238 e. The van der Waals surface area contributed by atoms with Crippen LogP contribution in [0.1, 0.15) is 24.9 Å². The summed E-state index contributed by atoms with van der Waals surface area (Å²) >= 11 is 7.60. The quantitative estimate of drug-likeness (QED) is 0.521. The molecule has 1 aromatic rings. The number of hydrogen-bond acceptors (Lipinski definition) is 6. The van der Waals surface area contributed by atoms with Crippen LogP contribution in [0.2, 0.25) is 5.02 Å². The SMILES string of the molecule is CCS(=O)(=O)NC(CCSC)C(=O)NCC(c1ccc(Cl)cc1)N1CCOCC1. The summed E-state index contributed by atoms with van der Waals surface area (Å²) in [7, 11) is -3.47. The van der Waals surface area contributed by atoms with Crippen LogP contribution >= 0.6 is 23.4 Å². The molecule has 1 saturated heterocycles. The molecule has 0 saturated carbocycles. The van der Waals surface area contributed by atoms with E-state index in [1.807, 2.05) is 30.5 Å². The third-order valence-corrected chi connectivity index (χ3v) is 7.14. The molecule has 1 aliphatic rings. The fourth-order valence-electron chi connectivity index (χ4n) is 3.13. The lowest BCUT2D eigenvalue weighted by Crippen LogP contribution is -2.50. The van der Waals surface area contributed by atoms with Gasteiger partial charge in [-0.2, -0.15) is 11.8 Å². The fourth-order valence-corrected chi connectivity index (χ4v) is 4.55. The zero-order valence-electron chi connectivity index (χ0n) is 16.9. The summed E-state index contributed by atoms with van der Waals surface area (Å²) in [5.74, 6) is 0.328. The second-order valence-electron chi connectivity index (χ2n) is 6.82. The Morgan fingerprint density at radius 3 is 2.52 bits per heavy atom. The maximum atomic E-state index is 12.8. The molecule has 1 aliphatic heterocycles. The lowest BCUT2D eigenvalue weighted by molar-refractivity contribution is -0.123. The van der Waals surface area contributed by atoms with Crippen molar-refractivity contribution in [3.05, 3.63) is 34.9 Å². The minimum atomic E-state index is -3.47. The van der Waals surface area contributed by atoms with E-state index in [0.29, 0.717) is 37.0 Å². The largest absolute Gasteiger partial charge is 0.379 e. The molecular weight excluding hydrogens is 434 g/mol. The molecule has 0 bridgehead atoms. The molecule has 1 fully saturated rings. The summed E-state index contributed by atoms with van der Waals surface area (Å²) in [6.45, 7) is 4.75. The molecule has 2 unspecified atom stereocenters. The van der Waals surface area contributed by atoms with Crippen LogP contribution < -0.4 is 10.0 Å². The number of amides is 1. The Kier molecular flexibility index (Phi) is 10.2. The highest BCUT2D eigenvalue weighted by molar-refractivity contribution is 7.98. The second-order valence-corrected chi connectivity index (χ2v) is 10.3. The van der Waals surface area contributed by atoms with Gasteiger partial charge in [0.1, 0.15) is 6.04 Å². The highest BCUT2D eigenvalue weighted by atomic mass is 35.5. The van der Waals surface area contributed by atoms with Crippen molar-refractivity contribution in [3.63, 3.8) is 0 Å². The number of rotatable bonds is 11. The zero-order chi connectivity index (χ0) is 21.3.